The van der Waals surface area contributed by atoms with E-state index in [-0.39, 0.29) is 30.4 Å². The molecule has 1 saturated carbocycles. The summed E-state index contributed by atoms with van der Waals surface area (Å²) in [5, 5.41) is 0. The third-order valence-corrected chi connectivity index (χ3v) is 4.56. The van der Waals surface area contributed by atoms with Gasteiger partial charge >= 0.3 is 5.97 Å². The van der Waals surface area contributed by atoms with Gasteiger partial charge in [-0.3, -0.25) is 9.59 Å². The number of nitrogens with zero attached hydrogens (tertiary/aromatic N) is 1. The molecule has 1 fully saturated rings. The predicted molar refractivity (Wildman–Crippen MR) is 93.6 cm³/mol. The summed E-state index contributed by atoms with van der Waals surface area (Å²) in [5.74, 6) is 0.498. The van der Waals surface area contributed by atoms with E-state index in [0.29, 0.717) is 18.0 Å². The largest absolute Gasteiger partial charge is 0.497 e. The minimum atomic E-state index is -0.355. The topological polar surface area (TPSA) is 65.1 Å². The molecule has 1 aliphatic carbocycles. The number of hydrogen-bond donors (Lipinski definition) is 0. The summed E-state index contributed by atoms with van der Waals surface area (Å²) in [6.07, 6.45) is 4.16. The second kappa shape index (κ2) is 9.30. The summed E-state index contributed by atoms with van der Waals surface area (Å²) in [4.78, 5) is 26.2. The predicted octanol–water partition coefficient (Wildman–Crippen LogP) is 2.65. The van der Waals surface area contributed by atoms with Gasteiger partial charge in [-0.05, 0) is 25.0 Å². The van der Waals surface area contributed by atoms with Crippen LogP contribution in [0.3, 0.4) is 0 Å². The standard InChI is InChI=1S/C19H27NO5/c1-14(19(22)24-3)12-20(15-7-4-5-8-15)18(21)13-25-17-10-6-9-16(11-17)23-2/h6,9-11,14-15H,4-5,7-8,12-13H2,1-3H3. The van der Waals surface area contributed by atoms with Crippen molar-refractivity contribution < 1.29 is 23.8 Å². The molecular weight excluding hydrogens is 322 g/mol. The number of benzene rings is 1. The van der Waals surface area contributed by atoms with Crippen LogP contribution in [-0.4, -0.2) is 50.2 Å². The molecule has 0 spiro atoms. The van der Waals surface area contributed by atoms with Crippen molar-refractivity contribution in [1.82, 2.24) is 4.90 Å². The molecule has 1 amide bonds. The Bertz CT molecular complexity index is 583. The molecule has 1 unspecified atom stereocenters. The van der Waals surface area contributed by atoms with E-state index in [0.717, 1.165) is 25.7 Å². The van der Waals surface area contributed by atoms with Crippen LogP contribution in [0.2, 0.25) is 0 Å². The Kier molecular flexibility index (Phi) is 7.10. The third kappa shape index (κ3) is 5.37. The van der Waals surface area contributed by atoms with Crippen LogP contribution < -0.4 is 9.47 Å². The first-order valence-corrected chi connectivity index (χ1v) is 8.69. The number of amides is 1. The number of ether oxygens (including phenoxy) is 3. The van der Waals surface area contributed by atoms with Crippen LogP contribution in [0, 0.1) is 5.92 Å². The van der Waals surface area contributed by atoms with Gasteiger partial charge in [-0.1, -0.05) is 25.8 Å². The first-order valence-electron chi connectivity index (χ1n) is 8.69. The van der Waals surface area contributed by atoms with Crippen molar-refractivity contribution in [3.63, 3.8) is 0 Å². The van der Waals surface area contributed by atoms with Crippen molar-refractivity contribution in [3.8, 4) is 11.5 Å². The molecule has 0 bridgehead atoms. The highest BCUT2D eigenvalue weighted by atomic mass is 16.5. The fourth-order valence-electron chi connectivity index (χ4n) is 3.16. The minimum Gasteiger partial charge on any atom is -0.497 e. The zero-order chi connectivity index (χ0) is 18.2. The van der Waals surface area contributed by atoms with Crippen LogP contribution in [-0.2, 0) is 14.3 Å². The summed E-state index contributed by atoms with van der Waals surface area (Å²) >= 11 is 0. The number of carbonyl (C=O) groups is 2. The molecule has 1 aliphatic rings. The lowest BCUT2D eigenvalue weighted by molar-refractivity contribution is -0.147. The molecule has 0 N–H and O–H groups in total. The Morgan fingerprint density at radius 3 is 2.52 bits per heavy atom. The first kappa shape index (κ1) is 19.1. The van der Waals surface area contributed by atoms with E-state index in [1.165, 1.54) is 7.11 Å². The van der Waals surface area contributed by atoms with Gasteiger partial charge in [0.1, 0.15) is 11.5 Å². The van der Waals surface area contributed by atoms with E-state index in [4.69, 9.17) is 14.2 Å². The number of rotatable bonds is 8. The molecule has 0 radical (unpaired) electrons. The number of hydrogen-bond acceptors (Lipinski definition) is 5. The highest BCUT2D eigenvalue weighted by molar-refractivity contribution is 5.79. The van der Waals surface area contributed by atoms with E-state index in [1.807, 2.05) is 12.1 Å². The third-order valence-electron chi connectivity index (χ3n) is 4.56. The molecule has 138 valence electrons. The molecule has 0 heterocycles. The lowest BCUT2D eigenvalue weighted by Gasteiger charge is -2.30. The van der Waals surface area contributed by atoms with Crippen LogP contribution in [0.4, 0.5) is 0 Å². The Balaban J connectivity index is 2.00. The van der Waals surface area contributed by atoms with E-state index in [2.05, 4.69) is 0 Å². The molecule has 0 aromatic heterocycles. The lowest BCUT2D eigenvalue weighted by atomic mass is 10.1. The van der Waals surface area contributed by atoms with Crippen LogP contribution in [0.15, 0.2) is 24.3 Å². The molecule has 1 aromatic rings. The molecule has 6 heteroatoms. The van der Waals surface area contributed by atoms with Crippen LogP contribution in [0.1, 0.15) is 32.6 Å². The van der Waals surface area contributed by atoms with Gasteiger partial charge in [0, 0.05) is 18.7 Å². The highest BCUT2D eigenvalue weighted by Gasteiger charge is 2.30. The van der Waals surface area contributed by atoms with Crippen LogP contribution in [0.5, 0.6) is 11.5 Å². The van der Waals surface area contributed by atoms with Crippen molar-refractivity contribution in [1.29, 1.82) is 0 Å². The number of carbonyl (C=O) groups excluding carboxylic acids is 2. The zero-order valence-electron chi connectivity index (χ0n) is 15.2. The van der Waals surface area contributed by atoms with E-state index < -0.39 is 0 Å². The van der Waals surface area contributed by atoms with E-state index in [1.54, 1.807) is 31.1 Å². The minimum absolute atomic E-state index is 0.0580. The van der Waals surface area contributed by atoms with Crippen molar-refractivity contribution in [2.45, 2.75) is 38.6 Å². The molecule has 0 saturated heterocycles. The fraction of sp³-hybridized carbons (Fsp3) is 0.579. The monoisotopic (exact) mass is 349 g/mol. The summed E-state index contributed by atoms with van der Waals surface area (Å²) in [6, 6.07) is 7.33. The normalized spacial score (nSPS) is 15.5. The van der Waals surface area contributed by atoms with Gasteiger partial charge in [0.05, 0.1) is 20.1 Å². The van der Waals surface area contributed by atoms with Crippen molar-refractivity contribution in [2.75, 3.05) is 27.4 Å². The Morgan fingerprint density at radius 2 is 1.88 bits per heavy atom. The van der Waals surface area contributed by atoms with Crippen molar-refractivity contribution in [2.24, 2.45) is 5.92 Å². The molecule has 25 heavy (non-hydrogen) atoms. The summed E-state index contributed by atoms with van der Waals surface area (Å²) in [6.45, 7) is 2.08. The van der Waals surface area contributed by atoms with Crippen molar-refractivity contribution >= 4 is 11.9 Å². The summed E-state index contributed by atoms with van der Waals surface area (Å²) < 4.78 is 15.6. The Morgan fingerprint density at radius 1 is 1.20 bits per heavy atom. The molecule has 2 rings (SSSR count). The quantitative estimate of drug-likeness (QED) is 0.675. The molecular formula is C19H27NO5. The maximum absolute atomic E-state index is 12.7. The first-order chi connectivity index (χ1) is 12.0. The maximum Gasteiger partial charge on any atom is 0.310 e. The number of methoxy groups -OCH3 is 2. The van der Waals surface area contributed by atoms with Crippen molar-refractivity contribution in [3.05, 3.63) is 24.3 Å². The van der Waals surface area contributed by atoms with E-state index in [9.17, 15) is 9.59 Å². The Hall–Kier alpha value is -2.24. The lowest BCUT2D eigenvalue weighted by Crippen LogP contribution is -2.45. The molecule has 0 aliphatic heterocycles. The van der Waals surface area contributed by atoms with Gasteiger partial charge in [0.25, 0.3) is 5.91 Å². The fourth-order valence-corrected chi connectivity index (χ4v) is 3.16. The number of esters is 1. The van der Waals surface area contributed by atoms with Gasteiger partial charge in [0.2, 0.25) is 0 Å². The van der Waals surface area contributed by atoms with Gasteiger partial charge in [-0.25, -0.2) is 0 Å². The second-order valence-electron chi connectivity index (χ2n) is 6.38. The van der Waals surface area contributed by atoms with Gasteiger partial charge in [-0.2, -0.15) is 0 Å². The summed E-state index contributed by atoms with van der Waals surface area (Å²) in [7, 11) is 2.95. The highest BCUT2D eigenvalue weighted by Crippen LogP contribution is 2.25. The van der Waals surface area contributed by atoms with Crippen LogP contribution in [0.25, 0.3) is 0 Å². The Labute approximate surface area is 149 Å². The zero-order valence-corrected chi connectivity index (χ0v) is 15.2. The van der Waals surface area contributed by atoms with Gasteiger partial charge in [-0.15, -0.1) is 0 Å². The SMILES string of the molecule is COC(=O)C(C)CN(C(=O)COc1cccc(OC)c1)C1CCCC1. The molecule has 1 atom stereocenters. The average Bonchev–Trinajstić information content (AvgIpc) is 3.17. The van der Waals surface area contributed by atoms with Gasteiger partial charge in [0.15, 0.2) is 6.61 Å². The summed E-state index contributed by atoms with van der Waals surface area (Å²) in [5.41, 5.74) is 0. The second-order valence-corrected chi connectivity index (χ2v) is 6.38. The van der Waals surface area contributed by atoms with E-state index >= 15 is 0 Å². The smallest absolute Gasteiger partial charge is 0.310 e. The maximum atomic E-state index is 12.7. The molecule has 6 nitrogen and oxygen atoms in total. The van der Waals surface area contributed by atoms with Gasteiger partial charge < -0.3 is 19.1 Å². The van der Waals surface area contributed by atoms with Crippen LogP contribution >= 0.6 is 0 Å². The molecule has 1 aromatic carbocycles. The average molecular weight is 349 g/mol.